The van der Waals surface area contributed by atoms with E-state index in [0.29, 0.717) is 5.56 Å². The van der Waals surface area contributed by atoms with Crippen LogP contribution < -0.4 is 5.32 Å². The van der Waals surface area contributed by atoms with Crippen molar-refractivity contribution in [1.29, 1.82) is 0 Å². The third-order valence-electron chi connectivity index (χ3n) is 6.46. The van der Waals surface area contributed by atoms with E-state index in [-0.39, 0.29) is 5.91 Å². The summed E-state index contributed by atoms with van der Waals surface area (Å²) in [5, 5.41) is 4.05. The highest BCUT2D eigenvalue weighted by molar-refractivity contribution is 5.98. The molecule has 172 valence electrons. The summed E-state index contributed by atoms with van der Waals surface area (Å²) in [6.07, 6.45) is 3.46. The van der Waals surface area contributed by atoms with Crippen LogP contribution in [0.25, 0.3) is 33.3 Å². The number of aryl methyl sites for hydroxylation is 1. The summed E-state index contributed by atoms with van der Waals surface area (Å²) >= 11 is 0. The topological polar surface area (TPSA) is 74.2 Å². The Labute approximate surface area is 199 Å². The molecule has 0 unspecified atom stereocenters. The van der Waals surface area contributed by atoms with Gasteiger partial charge in [-0.1, -0.05) is 18.2 Å². The minimum Gasteiger partial charge on any atom is -0.373 e. The molecule has 0 spiro atoms. The van der Waals surface area contributed by atoms with Crippen molar-refractivity contribution in [3.63, 3.8) is 0 Å². The molecule has 4 aromatic rings. The van der Waals surface area contributed by atoms with Crippen LogP contribution in [0.2, 0.25) is 0 Å². The Bertz CT molecular complexity index is 1360. The zero-order valence-electron chi connectivity index (χ0n) is 19.7. The van der Waals surface area contributed by atoms with Crippen molar-refractivity contribution in [3.05, 3.63) is 72.2 Å². The second-order valence-corrected chi connectivity index (χ2v) is 8.77. The van der Waals surface area contributed by atoms with E-state index in [2.05, 4.69) is 50.4 Å². The van der Waals surface area contributed by atoms with Crippen molar-refractivity contribution < 1.29 is 4.79 Å². The van der Waals surface area contributed by atoms with E-state index >= 15 is 0 Å². The Morgan fingerprint density at radius 2 is 1.74 bits per heavy atom. The van der Waals surface area contributed by atoms with Gasteiger partial charge in [-0.05, 0) is 55.4 Å². The molecule has 0 aliphatic carbocycles. The highest BCUT2D eigenvalue weighted by Gasteiger charge is 2.21. The molecule has 1 aliphatic rings. The third-order valence-corrected chi connectivity index (χ3v) is 6.46. The van der Waals surface area contributed by atoms with Crippen molar-refractivity contribution in [2.24, 2.45) is 0 Å². The predicted molar refractivity (Wildman–Crippen MR) is 136 cm³/mol. The number of pyridine rings is 1. The van der Waals surface area contributed by atoms with Crippen LogP contribution in [0.1, 0.15) is 15.9 Å². The molecular formula is C27H28N6O. The summed E-state index contributed by atoms with van der Waals surface area (Å²) < 4.78 is 0. The van der Waals surface area contributed by atoms with Gasteiger partial charge in [-0.2, -0.15) is 0 Å². The van der Waals surface area contributed by atoms with E-state index in [9.17, 15) is 4.79 Å². The maximum atomic E-state index is 13.1. The molecule has 7 nitrogen and oxygen atoms in total. The van der Waals surface area contributed by atoms with Crippen LogP contribution in [0.15, 0.2) is 61.1 Å². The molecule has 7 heteroatoms. The Balaban J connectivity index is 1.53. The number of hydrogen-bond donors (Lipinski definition) is 1. The van der Waals surface area contributed by atoms with Crippen molar-refractivity contribution in [2.45, 2.75) is 6.92 Å². The standard InChI is InChI=1S/C27H28N6O/c1-18-13-22(16-29-26(18)28-2)19-7-8-24-23(15-19)25(31-17-30-24)20-5-4-6-21(14-20)27(34)33-11-9-32(3)10-12-33/h4-8,13-17H,9-12H2,1-3H3,(H,28,29). The van der Waals surface area contributed by atoms with Gasteiger partial charge in [0.2, 0.25) is 0 Å². The lowest BCUT2D eigenvalue weighted by molar-refractivity contribution is 0.0664. The van der Waals surface area contributed by atoms with Gasteiger partial charge in [-0.15, -0.1) is 0 Å². The van der Waals surface area contributed by atoms with Gasteiger partial charge in [-0.3, -0.25) is 4.79 Å². The molecule has 2 aromatic carbocycles. The fraction of sp³-hybridized carbons (Fsp3) is 0.259. The van der Waals surface area contributed by atoms with Gasteiger partial charge >= 0.3 is 0 Å². The van der Waals surface area contributed by atoms with E-state index in [1.165, 1.54) is 0 Å². The van der Waals surface area contributed by atoms with Gasteiger partial charge in [-0.25, -0.2) is 15.0 Å². The van der Waals surface area contributed by atoms with E-state index < -0.39 is 0 Å². The van der Waals surface area contributed by atoms with Crippen LogP contribution in [0.4, 0.5) is 5.82 Å². The number of anilines is 1. The molecule has 5 rings (SSSR count). The number of carbonyl (C=O) groups excluding carboxylic acids is 1. The fourth-order valence-corrected chi connectivity index (χ4v) is 4.45. The minimum absolute atomic E-state index is 0.0696. The van der Waals surface area contributed by atoms with Crippen LogP contribution in [-0.4, -0.2) is 70.9 Å². The number of piperazine rings is 1. The zero-order valence-corrected chi connectivity index (χ0v) is 19.7. The summed E-state index contributed by atoms with van der Waals surface area (Å²) in [6, 6.07) is 16.1. The monoisotopic (exact) mass is 452 g/mol. The molecule has 1 saturated heterocycles. The maximum Gasteiger partial charge on any atom is 0.253 e. The van der Waals surface area contributed by atoms with Gasteiger partial charge in [0.1, 0.15) is 12.1 Å². The first-order chi connectivity index (χ1) is 16.5. The minimum atomic E-state index is 0.0696. The molecule has 1 amide bonds. The normalized spacial score (nSPS) is 14.4. The number of amides is 1. The lowest BCUT2D eigenvalue weighted by atomic mass is 9.99. The first-order valence-corrected chi connectivity index (χ1v) is 11.5. The SMILES string of the molecule is CNc1ncc(-c2ccc3ncnc(-c4cccc(C(=O)N5CCN(C)CC5)c4)c3c2)cc1C. The number of aromatic nitrogens is 3. The van der Waals surface area contributed by atoms with Crippen LogP contribution in [-0.2, 0) is 0 Å². The highest BCUT2D eigenvalue weighted by atomic mass is 16.2. The lowest BCUT2D eigenvalue weighted by Gasteiger charge is -2.32. The molecule has 0 atom stereocenters. The molecular weight excluding hydrogens is 424 g/mol. The van der Waals surface area contributed by atoms with Gasteiger partial charge < -0.3 is 15.1 Å². The Morgan fingerprint density at radius 3 is 2.50 bits per heavy atom. The van der Waals surface area contributed by atoms with Gasteiger partial charge in [0, 0.05) is 61.5 Å². The number of fused-ring (bicyclic) bond motifs is 1. The van der Waals surface area contributed by atoms with E-state index in [1.54, 1.807) is 6.33 Å². The number of hydrogen-bond acceptors (Lipinski definition) is 6. The number of benzene rings is 2. The van der Waals surface area contributed by atoms with E-state index in [0.717, 1.165) is 70.8 Å². The molecule has 0 bridgehead atoms. The largest absolute Gasteiger partial charge is 0.373 e. The number of carbonyl (C=O) groups is 1. The lowest BCUT2D eigenvalue weighted by Crippen LogP contribution is -2.47. The third kappa shape index (κ3) is 4.22. The van der Waals surface area contributed by atoms with Crippen LogP contribution in [0.5, 0.6) is 0 Å². The first-order valence-electron chi connectivity index (χ1n) is 11.5. The Hall–Kier alpha value is -3.84. The number of likely N-dealkylation sites (N-methyl/N-ethyl adjacent to an activating group) is 1. The van der Waals surface area contributed by atoms with Gasteiger partial charge in [0.25, 0.3) is 5.91 Å². The molecule has 2 aromatic heterocycles. The molecule has 0 saturated carbocycles. The molecule has 34 heavy (non-hydrogen) atoms. The van der Waals surface area contributed by atoms with Gasteiger partial charge in [0.15, 0.2) is 0 Å². The number of nitrogens with zero attached hydrogens (tertiary/aromatic N) is 5. The number of rotatable bonds is 4. The van der Waals surface area contributed by atoms with Crippen molar-refractivity contribution in [3.8, 4) is 22.4 Å². The maximum absolute atomic E-state index is 13.1. The van der Waals surface area contributed by atoms with Crippen LogP contribution >= 0.6 is 0 Å². The second kappa shape index (κ2) is 9.19. The quantitative estimate of drug-likeness (QED) is 0.503. The second-order valence-electron chi connectivity index (χ2n) is 8.77. The van der Waals surface area contributed by atoms with Crippen molar-refractivity contribution in [2.75, 3.05) is 45.6 Å². The number of nitrogens with one attached hydrogen (secondary N) is 1. The average molecular weight is 453 g/mol. The summed E-state index contributed by atoms with van der Waals surface area (Å²) in [6.45, 7) is 5.34. The van der Waals surface area contributed by atoms with Gasteiger partial charge in [0.05, 0.1) is 11.2 Å². The van der Waals surface area contributed by atoms with Crippen molar-refractivity contribution >= 4 is 22.6 Å². The Kier molecular flexibility index (Phi) is 5.94. The molecule has 1 N–H and O–H groups in total. The fourth-order valence-electron chi connectivity index (χ4n) is 4.45. The zero-order chi connectivity index (χ0) is 23.7. The summed E-state index contributed by atoms with van der Waals surface area (Å²) in [7, 11) is 3.96. The van der Waals surface area contributed by atoms with E-state index in [4.69, 9.17) is 0 Å². The predicted octanol–water partition coefficient (Wildman–Crippen LogP) is 4.10. The van der Waals surface area contributed by atoms with Crippen LogP contribution in [0, 0.1) is 6.92 Å². The average Bonchev–Trinajstić information content (AvgIpc) is 2.88. The summed E-state index contributed by atoms with van der Waals surface area (Å²) in [5.41, 5.74) is 6.44. The molecule has 0 radical (unpaired) electrons. The Morgan fingerprint density at radius 1 is 0.912 bits per heavy atom. The van der Waals surface area contributed by atoms with Crippen LogP contribution in [0.3, 0.4) is 0 Å². The smallest absolute Gasteiger partial charge is 0.253 e. The highest BCUT2D eigenvalue weighted by Crippen LogP contribution is 2.31. The summed E-state index contributed by atoms with van der Waals surface area (Å²) in [4.78, 5) is 30.9. The molecule has 3 heterocycles. The summed E-state index contributed by atoms with van der Waals surface area (Å²) in [5.74, 6) is 0.940. The first kappa shape index (κ1) is 22.0. The molecule has 1 aliphatic heterocycles. The van der Waals surface area contributed by atoms with E-state index in [1.807, 2.05) is 55.4 Å². The van der Waals surface area contributed by atoms with Crippen molar-refractivity contribution in [1.82, 2.24) is 24.8 Å². The molecule has 1 fully saturated rings.